The van der Waals surface area contributed by atoms with Gasteiger partial charge in [0, 0.05) is 5.56 Å². The van der Waals surface area contributed by atoms with Crippen molar-refractivity contribution in [3.05, 3.63) is 28.8 Å². The highest BCUT2D eigenvalue weighted by molar-refractivity contribution is 6.07. The quantitative estimate of drug-likeness (QED) is 0.573. The molecule has 0 bridgehead atoms. The summed E-state index contributed by atoms with van der Waals surface area (Å²) in [5.74, 6) is -2.58. The van der Waals surface area contributed by atoms with Gasteiger partial charge in [0.25, 0.3) is 0 Å². The number of aldehydes is 1. The van der Waals surface area contributed by atoms with Crippen LogP contribution in [-0.4, -0.2) is 28.3 Å². The molecular formula is C10H8O5. The van der Waals surface area contributed by atoms with E-state index < -0.39 is 23.1 Å². The predicted octanol–water partition coefficient (Wildman–Crippen LogP) is 1.11. The van der Waals surface area contributed by atoms with Gasteiger partial charge in [-0.3, -0.25) is 9.59 Å². The monoisotopic (exact) mass is 208 g/mol. The number of hydrogen-bond acceptors (Lipinski definition) is 4. The van der Waals surface area contributed by atoms with Crippen LogP contribution in [0.2, 0.25) is 0 Å². The Labute approximate surface area is 85.0 Å². The van der Waals surface area contributed by atoms with Crippen LogP contribution >= 0.6 is 0 Å². The van der Waals surface area contributed by atoms with E-state index in [0.717, 1.165) is 13.0 Å². The van der Waals surface area contributed by atoms with Crippen molar-refractivity contribution in [2.75, 3.05) is 0 Å². The van der Waals surface area contributed by atoms with Crippen LogP contribution in [-0.2, 0) is 0 Å². The van der Waals surface area contributed by atoms with Gasteiger partial charge in [0.2, 0.25) is 0 Å². The van der Waals surface area contributed by atoms with Crippen LogP contribution in [0.1, 0.15) is 38.0 Å². The number of carboxylic acids is 1. The zero-order chi connectivity index (χ0) is 11.6. The Morgan fingerprint density at radius 1 is 1.33 bits per heavy atom. The highest BCUT2D eigenvalue weighted by atomic mass is 16.4. The number of aromatic hydroxyl groups is 1. The first-order valence-corrected chi connectivity index (χ1v) is 4.04. The summed E-state index contributed by atoms with van der Waals surface area (Å²) in [6.45, 7) is 1.15. The number of carbonyl (C=O) groups excluding carboxylic acids is 2. The maximum absolute atomic E-state index is 11.1. The van der Waals surface area contributed by atoms with Gasteiger partial charge >= 0.3 is 5.97 Å². The average molecular weight is 208 g/mol. The molecule has 0 unspecified atom stereocenters. The van der Waals surface area contributed by atoms with E-state index in [1.54, 1.807) is 0 Å². The van der Waals surface area contributed by atoms with Crippen LogP contribution in [0, 0.1) is 0 Å². The van der Waals surface area contributed by atoms with Crippen LogP contribution in [0.25, 0.3) is 0 Å². The molecule has 0 aromatic heterocycles. The molecule has 0 fully saturated rings. The Kier molecular flexibility index (Phi) is 2.85. The van der Waals surface area contributed by atoms with Crippen LogP contribution in [0.5, 0.6) is 5.75 Å². The van der Waals surface area contributed by atoms with Crippen LogP contribution in [0.3, 0.4) is 0 Å². The largest absolute Gasteiger partial charge is 0.506 e. The van der Waals surface area contributed by atoms with Crippen LogP contribution < -0.4 is 0 Å². The lowest BCUT2D eigenvalue weighted by Gasteiger charge is -2.06. The van der Waals surface area contributed by atoms with Gasteiger partial charge in [-0.25, -0.2) is 4.79 Å². The molecule has 5 nitrogen and oxygen atoms in total. The molecule has 1 aromatic rings. The zero-order valence-electron chi connectivity index (χ0n) is 7.85. The molecule has 78 valence electrons. The lowest BCUT2D eigenvalue weighted by Crippen LogP contribution is -2.05. The normalized spacial score (nSPS) is 9.67. The van der Waals surface area contributed by atoms with E-state index in [-0.39, 0.29) is 11.1 Å². The number of phenols is 1. The van der Waals surface area contributed by atoms with Gasteiger partial charge < -0.3 is 10.2 Å². The third kappa shape index (κ3) is 1.85. The van der Waals surface area contributed by atoms with E-state index >= 15 is 0 Å². The lowest BCUT2D eigenvalue weighted by atomic mass is 10.00. The molecule has 0 aliphatic heterocycles. The smallest absolute Gasteiger partial charge is 0.339 e. The molecule has 0 amide bonds. The molecule has 0 spiro atoms. The molecule has 5 heteroatoms. The van der Waals surface area contributed by atoms with Gasteiger partial charge in [-0.05, 0) is 19.1 Å². The molecule has 0 saturated carbocycles. The minimum absolute atomic E-state index is 0.0231. The zero-order valence-corrected chi connectivity index (χ0v) is 7.85. The summed E-state index contributed by atoms with van der Waals surface area (Å²) in [6, 6.07) is 2.26. The van der Waals surface area contributed by atoms with Crippen molar-refractivity contribution in [2.24, 2.45) is 0 Å². The summed E-state index contributed by atoms with van der Waals surface area (Å²) < 4.78 is 0. The second kappa shape index (κ2) is 3.91. The summed E-state index contributed by atoms with van der Waals surface area (Å²) in [4.78, 5) is 32.3. The van der Waals surface area contributed by atoms with Crippen LogP contribution in [0.15, 0.2) is 12.1 Å². The third-order valence-electron chi connectivity index (χ3n) is 1.92. The Balaban J connectivity index is 3.56. The molecule has 0 heterocycles. The minimum Gasteiger partial charge on any atom is -0.506 e. The molecule has 0 aliphatic rings. The van der Waals surface area contributed by atoms with Gasteiger partial charge in [-0.1, -0.05) is 0 Å². The van der Waals surface area contributed by atoms with E-state index in [1.807, 2.05) is 0 Å². The second-order valence-electron chi connectivity index (χ2n) is 2.91. The first-order valence-electron chi connectivity index (χ1n) is 4.04. The number of aromatic carboxylic acids is 1. The third-order valence-corrected chi connectivity index (χ3v) is 1.92. The first kappa shape index (κ1) is 10.9. The fourth-order valence-corrected chi connectivity index (χ4v) is 1.25. The van der Waals surface area contributed by atoms with Crippen LogP contribution in [0.4, 0.5) is 0 Å². The summed E-state index contributed by atoms with van der Waals surface area (Å²) in [5.41, 5.74) is -0.680. The predicted molar refractivity (Wildman–Crippen MR) is 50.5 cm³/mol. The first-order chi connectivity index (χ1) is 6.99. The number of carboxylic acid groups (broad SMARTS) is 1. The average Bonchev–Trinajstić information content (AvgIpc) is 2.15. The van der Waals surface area contributed by atoms with Crippen molar-refractivity contribution in [1.82, 2.24) is 0 Å². The van der Waals surface area contributed by atoms with Crippen molar-refractivity contribution in [1.29, 1.82) is 0 Å². The number of Topliss-reactive ketones (excluding diaryl/α,β-unsaturated/α-hetero) is 1. The number of ketones is 1. The van der Waals surface area contributed by atoms with E-state index in [0.29, 0.717) is 6.29 Å². The van der Waals surface area contributed by atoms with Gasteiger partial charge in [0.05, 0.1) is 5.56 Å². The molecule has 2 N–H and O–H groups in total. The molecule has 0 aliphatic carbocycles. The van der Waals surface area contributed by atoms with Gasteiger partial charge in [-0.2, -0.15) is 0 Å². The van der Waals surface area contributed by atoms with E-state index in [4.69, 9.17) is 5.11 Å². The number of benzene rings is 1. The van der Waals surface area contributed by atoms with Gasteiger partial charge in [0.1, 0.15) is 11.3 Å². The maximum Gasteiger partial charge on any atom is 0.339 e. The molecule has 0 saturated heterocycles. The van der Waals surface area contributed by atoms with Crippen molar-refractivity contribution in [3.63, 3.8) is 0 Å². The van der Waals surface area contributed by atoms with E-state index in [2.05, 4.69) is 0 Å². The fraction of sp³-hybridized carbons (Fsp3) is 0.100. The van der Waals surface area contributed by atoms with Crippen molar-refractivity contribution in [2.45, 2.75) is 6.92 Å². The standard InChI is InChI=1S/C10H8O5/c1-5(12)8-6(4-11)2-3-7(9(8)13)10(14)15/h2-4,13H,1H3,(H,14,15). The molecule has 0 radical (unpaired) electrons. The van der Waals surface area contributed by atoms with Gasteiger partial charge in [-0.15, -0.1) is 0 Å². The van der Waals surface area contributed by atoms with Gasteiger partial charge in [0.15, 0.2) is 12.1 Å². The molecule has 1 aromatic carbocycles. The second-order valence-corrected chi connectivity index (χ2v) is 2.91. The van der Waals surface area contributed by atoms with Crippen molar-refractivity contribution < 1.29 is 24.6 Å². The Hall–Kier alpha value is -2.17. The van der Waals surface area contributed by atoms with E-state index in [1.165, 1.54) is 6.07 Å². The molecule has 15 heavy (non-hydrogen) atoms. The summed E-state index contributed by atoms with van der Waals surface area (Å²) in [6.07, 6.45) is 0.391. The number of hydrogen-bond donors (Lipinski definition) is 2. The molecule has 0 atom stereocenters. The lowest BCUT2D eigenvalue weighted by molar-refractivity contribution is 0.0693. The fourth-order valence-electron chi connectivity index (χ4n) is 1.25. The SMILES string of the molecule is CC(=O)c1c(C=O)ccc(C(=O)O)c1O. The molecular weight excluding hydrogens is 200 g/mol. The summed E-state index contributed by atoms with van der Waals surface area (Å²) in [5, 5.41) is 18.2. The van der Waals surface area contributed by atoms with E-state index in [9.17, 15) is 19.5 Å². The number of rotatable bonds is 3. The number of carbonyl (C=O) groups is 3. The maximum atomic E-state index is 11.1. The van der Waals surface area contributed by atoms with Crippen molar-refractivity contribution in [3.8, 4) is 5.75 Å². The topological polar surface area (TPSA) is 91.7 Å². The Morgan fingerprint density at radius 3 is 2.33 bits per heavy atom. The van der Waals surface area contributed by atoms with Crippen molar-refractivity contribution >= 4 is 18.0 Å². The highest BCUT2D eigenvalue weighted by Crippen LogP contribution is 2.25. The summed E-state index contributed by atoms with van der Waals surface area (Å²) in [7, 11) is 0. The Bertz CT molecular complexity index is 447. The molecule has 1 rings (SSSR count). The summed E-state index contributed by atoms with van der Waals surface area (Å²) >= 11 is 0. The minimum atomic E-state index is -1.35. The highest BCUT2D eigenvalue weighted by Gasteiger charge is 2.19. The Morgan fingerprint density at radius 2 is 1.93 bits per heavy atom.